The lowest BCUT2D eigenvalue weighted by Crippen LogP contribution is -2.36. The molecule has 1 aliphatic rings. The van der Waals surface area contributed by atoms with Gasteiger partial charge in [-0.1, -0.05) is 12.2 Å². The highest BCUT2D eigenvalue weighted by Gasteiger charge is 2.35. The number of fused-ring (bicyclic) bond motifs is 1. The third kappa shape index (κ3) is 4.03. The standard InChI is InChI=1S/C21H24O8/c1-25-14-9-13(10-15(26-2)19(14)24)20-18(11-23)29-21-16(27-3)7-12(5-4-6-22)8-17(21)28-20/h4-5,7-10,18,20,22-24H,6,11H2,1-3H3/t18-,20-/m1/s1. The Labute approximate surface area is 168 Å². The lowest BCUT2D eigenvalue weighted by molar-refractivity contribution is -0.0142. The van der Waals surface area contributed by atoms with E-state index in [0.29, 0.717) is 22.8 Å². The van der Waals surface area contributed by atoms with Gasteiger partial charge in [-0.15, -0.1) is 0 Å². The van der Waals surface area contributed by atoms with Gasteiger partial charge in [0, 0.05) is 5.56 Å². The van der Waals surface area contributed by atoms with Gasteiger partial charge in [-0.25, -0.2) is 0 Å². The summed E-state index contributed by atoms with van der Waals surface area (Å²) in [6.07, 6.45) is 1.90. The molecule has 3 rings (SSSR count). The molecule has 8 heteroatoms. The van der Waals surface area contributed by atoms with Crippen molar-refractivity contribution in [1.29, 1.82) is 0 Å². The number of hydrogen-bond donors (Lipinski definition) is 3. The van der Waals surface area contributed by atoms with E-state index in [0.717, 1.165) is 5.56 Å². The highest BCUT2D eigenvalue weighted by Crippen LogP contribution is 2.48. The highest BCUT2D eigenvalue weighted by molar-refractivity contribution is 5.63. The van der Waals surface area contributed by atoms with Crippen molar-refractivity contribution in [1.82, 2.24) is 0 Å². The van der Waals surface area contributed by atoms with Crippen LogP contribution >= 0.6 is 0 Å². The molecule has 0 saturated heterocycles. The topological polar surface area (TPSA) is 107 Å². The van der Waals surface area contributed by atoms with Crippen LogP contribution in [-0.4, -0.2) is 56.0 Å². The van der Waals surface area contributed by atoms with Crippen molar-refractivity contribution in [3.63, 3.8) is 0 Å². The van der Waals surface area contributed by atoms with E-state index in [-0.39, 0.29) is 30.5 Å². The maximum Gasteiger partial charge on any atom is 0.204 e. The van der Waals surface area contributed by atoms with Gasteiger partial charge in [0.1, 0.15) is 0 Å². The fraction of sp³-hybridized carbons (Fsp3) is 0.333. The highest BCUT2D eigenvalue weighted by atomic mass is 16.6. The maximum absolute atomic E-state index is 10.2. The molecule has 0 aliphatic carbocycles. The Morgan fingerprint density at radius 3 is 2.14 bits per heavy atom. The average Bonchev–Trinajstić information content (AvgIpc) is 2.76. The fourth-order valence-electron chi connectivity index (χ4n) is 3.16. The lowest BCUT2D eigenvalue weighted by Gasteiger charge is -2.34. The summed E-state index contributed by atoms with van der Waals surface area (Å²) in [7, 11) is 4.37. The number of methoxy groups -OCH3 is 3. The van der Waals surface area contributed by atoms with E-state index in [1.165, 1.54) is 21.3 Å². The minimum atomic E-state index is -0.728. The Kier molecular flexibility index (Phi) is 6.36. The van der Waals surface area contributed by atoms with Gasteiger partial charge in [0.05, 0.1) is 34.5 Å². The molecule has 0 fully saturated rings. The molecule has 1 heterocycles. The molecule has 0 unspecified atom stereocenters. The van der Waals surface area contributed by atoms with Crippen LogP contribution in [0.3, 0.4) is 0 Å². The van der Waals surface area contributed by atoms with E-state index in [2.05, 4.69) is 0 Å². The minimum absolute atomic E-state index is 0.0981. The molecule has 0 spiro atoms. The van der Waals surface area contributed by atoms with Crippen molar-refractivity contribution in [3.8, 4) is 34.5 Å². The zero-order valence-corrected chi connectivity index (χ0v) is 16.4. The smallest absolute Gasteiger partial charge is 0.204 e. The summed E-state index contributed by atoms with van der Waals surface area (Å²) in [6, 6.07) is 6.70. The van der Waals surface area contributed by atoms with Gasteiger partial charge in [0.15, 0.2) is 35.2 Å². The summed E-state index contributed by atoms with van der Waals surface area (Å²) >= 11 is 0. The zero-order chi connectivity index (χ0) is 21.0. The van der Waals surface area contributed by atoms with Crippen molar-refractivity contribution in [2.45, 2.75) is 12.2 Å². The summed E-state index contributed by atoms with van der Waals surface area (Å²) in [5.74, 6) is 1.53. The van der Waals surface area contributed by atoms with Gasteiger partial charge in [0.2, 0.25) is 11.5 Å². The van der Waals surface area contributed by atoms with Crippen LogP contribution in [0.15, 0.2) is 30.3 Å². The number of hydrogen-bond acceptors (Lipinski definition) is 8. The quantitative estimate of drug-likeness (QED) is 0.645. The van der Waals surface area contributed by atoms with Crippen LogP contribution in [0.5, 0.6) is 34.5 Å². The largest absolute Gasteiger partial charge is 0.502 e. The molecule has 2 aromatic rings. The van der Waals surface area contributed by atoms with Gasteiger partial charge in [-0.2, -0.15) is 0 Å². The first-order valence-corrected chi connectivity index (χ1v) is 8.94. The van der Waals surface area contributed by atoms with Crippen LogP contribution in [0.4, 0.5) is 0 Å². The lowest BCUT2D eigenvalue weighted by atomic mass is 10.0. The Hall–Kier alpha value is -3.10. The van der Waals surface area contributed by atoms with Crippen LogP contribution in [0.1, 0.15) is 17.2 Å². The van der Waals surface area contributed by atoms with E-state index in [1.54, 1.807) is 36.4 Å². The second-order valence-electron chi connectivity index (χ2n) is 6.29. The Morgan fingerprint density at radius 2 is 1.59 bits per heavy atom. The Bertz CT molecular complexity index is 867. The Balaban J connectivity index is 2.07. The number of aliphatic hydroxyl groups excluding tert-OH is 2. The van der Waals surface area contributed by atoms with Gasteiger partial charge >= 0.3 is 0 Å². The van der Waals surface area contributed by atoms with Crippen LogP contribution in [0, 0.1) is 0 Å². The first-order chi connectivity index (χ1) is 14.1. The molecule has 0 saturated carbocycles. The maximum atomic E-state index is 10.2. The third-order valence-electron chi connectivity index (χ3n) is 4.55. The predicted molar refractivity (Wildman–Crippen MR) is 105 cm³/mol. The first kappa shape index (κ1) is 20.6. The van der Waals surface area contributed by atoms with Crippen LogP contribution in [-0.2, 0) is 0 Å². The summed E-state index contributed by atoms with van der Waals surface area (Å²) in [4.78, 5) is 0. The summed E-state index contributed by atoms with van der Waals surface area (Å²) in [5, 5.41) is 29.1. The molecule has 29 heavy (non-hydrogen) atoms. The van der Waals surface area contributed by atoms with Gasteiger partial charge in [0.25, 0.3) is 0 Å². The fourth-order valence-corrected chi connectivity index (χ4v) is 3.16. The summed E-state index contributed by atoms with van der Waals surface area (Å²) in [5.41, 5.74) is 1.34. The molecule has 1 aliphatic heterocycles. The molecule has 2 aromatic carbocycles. The van der Waals surface area contributed by atoms with Crippen molar-refractivity contribution < 1.29 is 39.0 Å². The van der Waals surface area contributed by atoms with Crippen molar-refractivity contribution in [3.05, 3.63) is 41.5 Å². The zero-order valence-electron chi connectivity index (χ0n) is 16.4. The monoisotopic (exact) mass is 404 g/mol. The normalized spacial score (nSPS) is 18.0. The molecule has 2 atom stereocenters. The minimum Gasteiger partial charge on any atom is -0.502 e. The van der Waals surface area contributed by atoms with Crippen LogP contribution in [0.2, 0.25) is 0 Å². The SMILES string of the molecule is COc1cc([C@H]2Oc3cc(C=CCO)cc(OC)c3O[C@@H]2CO)cc(OC)c1O. The second kappa shape index (κ2) is 8.93. The first-order valence-electron chi connectivity index (χ1n) is 8.94. The second-order valence-corrected chi connectivity index (χ2v) is 6.29. The van der Waals surface area contributed by atoms with Gasteiger partial charge < -0.3 is 39.0 Å². The third-order valence-corrected chi connectivity index (χ3v) is 4.55. The van der Waals surface area contributed by atoms with Crippen molar-refractivity contribution >= 4 is 6.08 Å². The van der Waals surface area contributed by atoms with Gasteiger partial charge in [-0.05, 0) is 29.8 Å². The molecule has 0 aromatic heterocycles. The van der Waals surface area contributed by atoms with Crippen molar-refractivity contribution in [2.75, 3.05) is 34.5 Å². The molecule has 156 valence electrons. The average molecular weight is 404 g/mol. The van der Waals surface area contributed by atoms with Crippen LogP contribution < -0.4 is 23.7 Å². The number of ether oxygens (including phenoxy) is 5. The summed E-state index contributed by atoms with van der Waals surface area (Å²) in [6.45, 7) is -0.413. The number of benzene rings is 2. The number of phenolic OH excluding ortho intramolecular Hbond substituents is 1. The van der Waals surface area contributed by atoms with Crippen molar-refractivity contribution in [2.24, 2.45) is 0 Å². The molecule has 0 amide bonds. The molecule has 3 N–H and O–H groups in total. The molecular weight excluding hydrogens is 380 g/mol. The van der Waals surface area contributed by atoms with E-state index >= 15 is 0 Å². The molecule has 8 nitrogen and oxygen atoms in total. The Morgan fingerprint density at radius 1 is 0.931 bits per heavy atom. The van der Waals surface area contributed by atoms with Gasteiger partial charge in [-0.3, -0.25) is 0 Å². The number of aromatic hydroxyl groups is 1. The van der Waals surface area contributed by atoms with E-state index in [1.807, 2.05) is 0 Å². The van der Waals surface area contributed by atoms with Crippen LogP contribution in [0.25, 0.3) is 6.08 Å². The van der Waals surface area contributed by atoms with E-state index in [4.69, 9.17) is 28.8 Å². The number of phenols is 1. The number of rotatable bonds is 7. The van der Waals surface area contributed by atoms with E-state index < -0.39 is 12.2 Å². The molecule has 0 radical (unpaired) electrons. The predicted octanol–water partition coefficient (Wildman–Crippen LogP) is 2.30. The summed E-state index contributed by atoms with van der Waals surface area (Å²) < 4.78 is 28.0. The number of aliphatic hydroxyl groups is 2. The van der Waals surface area contributed by atoms with E-state index in [9.17, 15) is 10.2 Å². The molecule has 0 bridgehead atoms. The molecular formula is C21H24O8.